The van der Waals surface area contributed by atoms with Gasteiger partial charge in [-0.1, -0.05) is 24.3 Å². The van der Waals surface area contributed by atoms with Gasteiger partial charge in [-0.25, -0.2) is 4.98 Å². The highest BCUT2D eigenvalue weighted by Gasteiger charge is 2.55. The minimum atomic E-state index is -2.72. The number of nitrogens with one attached hydrogen (secondary N) is 1. The lowest BCUT2D eigenvalue weighted by Gasteiger charge is -2.28. The first-order valence-corrected chi connectivity index (χ1v) is 16.2. The lowest BCUT2D eigenvalue weighted by Crippen LogP contribution is -2.46. The monoisotopic (exact) mass is 600 g/mol. The van der Waals surface area contributed by atoms with Crippen LogP contribution in [0.4, 0.5) is 5.95 Å². The normalized spacial score (nSPS) is 22.5. The third kappa shape index (κ3) is 6.21. The van der Waals surface area contributed by atoms with E-state index in [-0.39, 0.29) is 23.7 Å². The number of aliphatic hydroxyl groups is 1. The van der Waals surface area contributed by atoms with E-state index in [1.807, 2.05) is 45.0 Å². The van der Waals surface area contributed by atoms with E-state index in [9.17, 15) is 9.90 Å². The summed E-state index contributed by atoms with van der Waals surface area (Å²) < 4.78 is 38.1. The molecule has 1 aromatic carbocycles. The summed E-state index contributed by atoms with van der Waals surface area (Å²) in [6.45, 7) is 7.73. The number of nitrogen functional groups attached to an aromatic ring is 1. The third-order valence-electron chi connectivity index (χ3n) is 7.09. The summed E-state index contributed by atoms with van der Waals surface area (Å²) in [6, 6.07) is 8.37. The highest BCUT2D eigenvalue weighted by molar-refractivity contribution is 6.63. The third-order valence-corrected chi connectivity index (χ3v) is 10.2. The van der Waals surface area contributed by atoms with Crippen molar-refractivity contribution in [3.05, 3.63) is 46.5 Å². The molecule has 0 spiro atoms. The first-order chi connectivity index (χ1) is 20.4. The molecular weight excluding hydrogens is 563 g/mol. The van der Waals surface area contributed by atoms with Crippen molar-refractivity contribution in [1.29, 1.82) is 0 Å². The van der Waals surface area contributed by atoms with Crippen LogP contribution in [-0.4, -0.2) is 98.0 Å². The molecule has 0 saturated carbocycles. The van der Waals surface area contributed by atoms with Crippen LogP contribution >= 0.6 is 0 Å². The van der Waals surface area contributed by atoms with Gasteiger partial charge in [0.05, 0.1) is 12.9 Å². The van der Waals surface area contributed by atoms with Crippen LogP contribution < -0.4 is 16.8 Å². The van der Waals surface area contributed by atoms with Crippen molar-refractivity contribution in [1.82, 2.24) is 19.5 Å². The number of nitrogens with zero attached hydrogens (tertiary/aromatic N) is 4. The minimum absolute atomic E-state index is 0.0427. The molecule has 3 aromatic rings. The second-order valence-electron chi connectivity index (χ2n) is 9.81. The summed E-state index contributed by atoms with van der Waals surface area (Å²) in [7, 11) is -3.45. The van der Waals surface area contributed by atoms with E-state index in [2.05, 4.69) is 19.9 Å². The second kappa shape index (κ2) is 13.6. The number of benzene rings is 1. The molecule has 4 heterocycles. The first kappa shape index (κ1) is 30.5. The Morgan fingerprint density at radius 2 is 1.88 bits per heavy atom. The Bertz CT molecular complexity index is 1420. The number of hydrogen-bond acceptors (Lipinski definition) is 12. The number of aromatic nitrogens is 4. The summed E-state index contributed by atoms with van der Waals surface area (Å²) in [6.07, 6.45) is 1.43. The maximum atomic E-state index is 12.3. The van der Waals surface area contributed by atoms with Gasteiger partial charge < -0.3 is 38.2 Å². The molecule has 0 radical (unpaired) electrons. The predicted molar refractivity (Wildman–Crippen MR) is 158 cm³/mol. The van der Waals surface area contributed by atoms with Crippen molar-refractivity contribution in [2.45, 2.75) is 57.8 Å². The average molecular weight is 601 g/mol. The van der Waals surface area contributed by atoms with Crippen molar-refractivity contribution in [3.63, 3.8) is 0 Å². The highest BCUT2D eigenvalue weighted by Crippen LogP contribution is 2.39. The van der Waals surface area contributed by atoms with Crippen LogP contribution in [-0.2, 0) is 27.3 Å². The van der Waals surface area contributed by atoms with Gasteiger partial charge in [0.15, 0.2) is 17.4 Å². The molecule has 0 amide bonds. The van der Waals surface area contributed by atoms with Crippen molar-refractivity contribution in [3.8, 4) is 0 Å². The number of H-pyrrole nitrogens is 1. The number of hydrogen-bond donors (Lipinski definition) is 3. The fraction of sp³-hybridized carbons (Fsp3) is 0.538. The largest absolute Gasteiger partial charge is 0.500 e. The van der Waals surface area contributed by atoms with Crippen molar-refractivity contribution >= 4 is 44.7 Å². The fourth-order valence-corrected chi connectivity index (χ4v) is 7.97. The standard InChI is InChI=1S/C26H37BN6O8Si/c1-4-36-42(37-5-2,38-6-3)13-9-12-29-14-17-10-7-8-11-18(17)27-40-21-19(15-34)39-25(22(21)41-27)33-16-30-20-23(33)31-26(28)32-24(20)35/h7-8,10-11,14,16,19,21-22,25,34H,4-6,9,12-13,15H2,1-3H3,(H3,28,31,32,35)/t19-,21-,22-,25-/m1/s1. The first-order valence-electron chi connectivity index (χ1n) is 14.2. The summed E-state index contributed by atoms with van der Waals surface area (Å²) in [5, 5.41) is 10.0. The second-order valence-corrected chi connectivity index (χ2v) is 12.5. The number of aliphatic imine (C=N–C) groups is 1. The lowest BCUT2D eigenvalue weighted by molar-refractivity contribution is -0.0570. The number of aromatic amines is 1. The van der Waals surface area contributed by atoms with Crippen LogP contribution in [0.1, 0.15) is 39.0 Å². The van der Waals surface area contributed by atoms with E-state index in [0.717, 1.165) is 17.4 Å². The molecule has 16 heteroatoms. The molecule has 14 nitrogen and oxygen atoms in total. The van der Waals surface area contributed by atoms with Gasteiger partial charge in [-0.3, -0.25) is 19.3 Å². The van der Waals surface area contributed by atoms with Crippen molar-refractivity contribution in [2.24, 2.45) is 4.99 Å². The van der Waals surface area contributed by atoms with E-state index < -0.39 is 46.0 Å². The number of ether oxygens (including phenoxy) is 1. The zero-order valence-corrected chi connectivity index (χ0v) is 25.0. The summed E-state index contributed by atoms with van der Waals surface area (Å²) in [5.41, 5.74) is 7.33. The predicted octanol–water partition coefficient (Wildman–Crippen LogP) is 0.628. The minimum Gasteiger partial charge on any atom is -0.399 e. The average Bonchev–Trinajstić information content (AvgIpc) is 3.67. The zero-order chi connectivity index (χ0) is 29.7. The van der Waals surface area contributed by atoms with Gasteiger partial charge in [0.2, 0.25) is 5.95 Å². The van der Waals surface area contributed by atoms with Crippen molar-refractivity contribution in [2.75, 3.05) is 38.7 Å². The van der Waals surface area contributed by atoms with Gasteiger partial charge in [-0.05, 0) is 38.2 Å². The summed E-state index contributed by atoms with van der Waals surface area (Å²) >= 11 is 0. The van der Waals surface area contributed by atoms with Gasteiger partial charge in [0.1, 0.15) is 18.3 Å². The Labute approximate surface area is 244 Å². The van der Waals surface area contributed by atoms with Gasteiger partial charge in [0, 0.05) is 38.6 Å². The van der Waals surface area contributed by atoms with Gasteiger partial charge in [-0.15, -0.1) is 0 Å². The molecule has 0 bridgehead atoms. The van der Waals surface area contributed by atoms with Crippen LogP contribution in [0.25, 0.3) is 11.2 Å². The van der Waals surface area contributed by atoms with E-state index >= 15 is 0 Å². The van der Waals surface area contributed by atoms with E-state index in [0.29, 0.717) is 32.4 Å². The molecule has 2 aromatic heterocycles. The maximum Gasteiger partial charge on any atom is 0.500 e. The Morgan fingerprint density at radius 3 is 2.60 bits per heavy atom. The van der Waals surface area contributed by atoms with E-state index in [4.69, 9.17) is 33.1 Å². The Kier molecular flexibility index (Phi) is 9.85. The molecule has 2 aliphatic rings. The van der Waals surface area contributed by atoms with E-state index in [1.54, 1.807) is 10.8 Å². The molecule has 0 aliphatic carbocycles. The quantitative estimate of drug-likeness (QED) is 0.134. The summed E-state index contributed by atoms with van der Waals surface area (Å²) in [4.78, 5) is 27.8. The molecule has 2 saturated heterocycles. The van der Waals surface area contributed by atoms with Crippen LogP contribution in [0.3, 0.4) is 0 Å². The Hall–Kier alpha value is -2.96. The molecule has 4 atom stereocenters. The van der Waals surface area contributed by atoms with Gasteiger partial charge >= 0.3 is 15.9 Å². The highest BCUT2D eigenvalue weighted by atomic mass is 28.4. The number of fused-ring (bicyclic) bond motifs is 2. The molecule has 42 heavy (non-hydrogen) atoms. The van der Waals surface area contributed by atoms with E-state index in [1.165, 1.54) is 6.33 Å². The summed E-state index contributed by atoms with van der Waals surface area (Å²) in [5.74, 6) is -0.0427. The van der Waals surface area contributed by atoms with Crippen LogP contribution in [0, 0.1) is 0 Å². The number of anilines is 1. The van der Waals surface area contributed by atoms with Gasteiger partial charge in [0.25, 0.3) is 5.56 Å². The topological polar surface area (TPSA) is 178 Å². The molecular formula is C26H37BN6O8Si. The molecule has 2 aliphatic heterocycles. The number of nitrogens with two attached hydrogens (primary N) is 1. The van der Waals surface area contributed by atoms with Crippen molar-refractivity contribution < 1.29 is 32.4 Å². The van der Waals surface area contributed by atoms with Gasteiger partial charge in [-0.2, -0.15) is 4.98 Å². The SMILES string of the molecule is CCO[Si](CCCN=Cc1ccccc1B1O[C@@H]2[C@H](O1)[C@@H](CO)O[C@H]2n1cnc2c(=O)[nH]c(N)nc21)(OCC)OCC. The molecule has 5 rings (SSSR count). The molecule has 0 unspecified atom stereocenters. The Balaban J connectivity index is 1.30. The van der Waals surface area contributed by atoms with Crippen LogP contribution in [0.5, 0.6) is 0 Å². The smallest absolute Gasteiger partial charge is 0.399 e. The molecule has 226 valence electrons. The lowest BCUT2D eigenvalue weighted by atomic mass is 9.76. The Morgan fingerprint density at radius 1 is 1.17 bits per heavy atom. The van der Waals surface area contributed by atoms with Crippen LogP contribution in [0.15, 0.2) is 40.4 Å². The number of aliphatic hydroxyl groups excluding tert-OH is 1. The fourth-order valence-electron chi connectivity index (χ4n) is 5.38. The number of imidazole rings is 1. The maximum absolute atomic E-state index is 12.3. The number of rotatable bonds is 14. The molecule has 4 N–H and O–H groups in total. The van der Waals surface area contributed by atoms with Crippen LogP contribution in [0.2, 0.25) is 6.04 Å². The zero-order valence-electron chi connectivity index (χ0n) is 24.0. The molecule has 2 fully saturated rings.